The molecule has 0 radical (unpaired) electrons. The van der Waals surface area contributed by atoms with Gasteiger partial charge in [-0.15, -0.1) is 0 Å². The van der Waals surface area contributed by atoms with E-state index in [4.69, 9.17) is 4.98 Å². The zero-order valence-corrected chi connectivity index (χ0v) is 33.6. The van der Waals surface area contributed by atoms with Crippen LogP contribution in [0.4, 0.5) is 0 Å². The molecule has 3 heterocycles. The van der Waals surface area contributed by atoms with E-state index >= 15 is 0 Å². The Morgan fingerprint density at radius 1 is 0.448 bits per heavy atom. The average Bonchev–Trinajstić information content (AvgIpc) is 3.72. The normalized spacial score (nSPS) is 11.6. The third-order valence-electron chi connectivity index (χ3n) is 11.9. The van der Waals surface area contributed by atoms with Gasteiger partial charge in [-0.3, -0.25) is 4.57 Å². The maximum absolute atomic E-state index is 10.1. The van der Waals surface area contributed by atoms with Gasteiger partial charge in [-0.1, -0.05) is 108 Å². The summed E-state index contributed by atoms with van der Waals surface area (Å²) in [5.74, 6) is 0.814. The van der Waals surface area contributed by atoms with Gasteiger partial charge in [0.2, 0.25) is 0 Å². The van der Waals surface area contributed by atoms with Crippen LogP contribution in [-0.2, 0) is 0 Å². The zero-order valence-electron chi connectivity index (χ0n) is 33.6. The quantitative estimate of drug-likeness (QED) is 0.176. The molecule has 0 aliphatic rings. The molecule has 3 aromatic heterocycles. The fourth-order valence-electron chi connectivity index (χ4n) is 9.75. The number of fused-ring (bicyclic) bond motifs is 6. The molecule has 7 aromatic carbocycles. The Balaban J connectivity index is 1.27. The van der Waals surface area contributed by atoms with Crippen molar-refractivity contribution < 1.29 is 0 Å². The van der Waals surface area contributed by atoms with Crippen molar-refractivity contribution in [3.8, 4) is 51.0 Å². The second-order valence-electron chi connectivity index (χ2n) is 16.0. The largest absolute Gasteiger partial charge is 0.307 e. The molecule has 0 spiro atoms. The summed E-state index contributed by atoms with van der Waals surface area (Å²) in [6.07, 6.45) is 2.03. The summed E-state index contributed by atoms with van der Waals surface area (Å²) in [5.41, 5.74) is 20.4. The fourth-order valence-corrected chi connectivity index (χ4v) is 9.75. The molecule has 10 aromatic rings. The number of nitrogens with zero attached hydrogens (tertiary/aromatic N) is 4. The molecule has 0 unspecified atom stereocenters. The van der Waals surface area contributed by atoms with Crippen LogP contribution in [0.15, 0.2) is 146 Å². The van der Waals surface area contributed by atoms with Crippen molar-refractivity contribution in [1.29, 1.82) is 5.26 Å². The van der Waals surface area contributed by atoms with Gasteiger partial charge in [-0.2, -0.15) is 5.26 Å². The number of rotatable bonds is 5. The Bertz CT molecular complexity index is 3320. The van der Waals surface area contributed by atoms with Crippen molar-refractivity contribution in [3.05, 3.63) is 185 Å². The summed E-state index contributed by atoms with van der Waals surface area (Å²) in [4.78, 5) is 5.36. The first-order chi connectivity index (χ1) is 28.2. The number of benzene rings is 7. The monoisotopic (exact) mass is 746 g/mol. The molecule has 0 bridgehead atoms. The minimum absolute atomic E-state index is 0.613. The van der Waals surface area contributed by atoms with Gasteiger partial charge in [-0.05, 0) is 134 Å². The van der Waals surface area contributed by atoms with Crippen LogP contribution in [0.3, 0.4) is 0 Å². The van der Waals surface area contributed by atoms with Crippen LogP contribution in [0.5, 0.6) is 0 Å². The van der Waals surface area contributed by atoms with E-state index in [9.17, 15) is 5.26 Å². The highest BCUT2D eigenvalue weighted by Crippen LogP contribution is 2.41. The van der Waals surface area contributed by atoms with E-state index in [1.54, 1.807) is 0 Å². The van der Waals surface area contributed by atoms with Gasteiger partial charge >= 0.3 is 0 Å². The molecule has 0 saturated carbocycles. The molecule has 10 rings (SSSR count). The molecule has 0 fully saturated rings. The number of aryl methyl sites for hydroxylation is 6. The first-order valence-corrected chi connectivity index (χ1v) is 19.9. The SMILES string of the molecule is Cc1cc(C)c(-c2ccc3c4ccccc4n(-c4cc(-c5cccc(C#N)c5)c(-n5c6ccccc6c6ccc(-c7c(C)cc(C)cc7C)cc65)cn4)c3c2)c(C)c1. The molecular weight excluding hydrogens is 705 g/mol. The van der Waals surface area contributed by atoms with Crippen LogP contribution >= 0.6 is 0 Å². The molecule has 0 saturated heterocycles. The van der Waals surface area contributed by atoms with E-state index < -0.39 is 0 Å². The second kappa shape index (κ2) is 13.5. The number of nitriles is 1. The number of hydrogen-bond acceptors (Lipinski definition) is 2. The lowest BCUT2D eigenvalue weighted by Gasteiger charge is -2.17. The Morgan fingerprint density at radius 3 is 1.50 bits per heavy atom. The van der Waals surface area contributed by atoms with Gasteiger partial charge in [0.15, 0.2) is 0 Å². The van der Waals surface area contributed by atoms with E-state index in [-0.39, 0.29) is 0 Å². The fraction of sp³-hybridized carbons (Fsp3) is 0.111. The van der Waals surface area contributed by atoms with Gasteiger partial charge in [0.1, 0.15) is 5.82 Å². The van der Waals surface area contributed by atoms with Crippen LogP contribution in [0.25, 0.3) is 88.5 Å². The van der Waals surface area contributed by atoms with Crippen molar-refractivity contribution in [1.82, 2.24) is 14.1 Å². The van der Waals surface area contributed by atoms with Crippen LogP contribution in [0.2, 0.25) is 0 Å². The molecule has 0 aliphatic heterocycles. The van der Waals surface area contributed by atoms with E-state index in [0.29, 0.717) is 5.56 Å². The summed E-state index contributed by atoms with van der Waals surface area (Å²) in [6, 6.07) is 52.6. The highest BCUT2D eigenvalue weighted by atomic mass is 15.1. The van der Waals surface area contributed by atoms with Gasteiger partial charge in [-0.25, -0.2) is 4.98 Å². The number of hydrogen-bond donors (Lipinski definition) is 0. The molecular formula is C54H42N4. The molecule has 0 N–H and O–H groups in total. The summed E-state index contributed by atoms with van der Waals surface area (Å²) >= 11 is 0. The second-order valence-corrected chi connectivity index (χ2v) is 16.0. The third kappa shape index (κ3) is 5.54. The lowest BCUT2D eigenvalue weighted by atomic mass is 9.93. The maximum atomic E-state index is 10.1. The van der Waals surface area contributed by atoms with Crippen molar-refractivity contribution in [2.24, 2.45) is 0 Å². The Hall–Kier alpha value is -7.22. The van der Waals surface area contributed by atoms with Crippen LogP contribution in [-0.4, -0.2) is 14.1 Å². The first-order valence-electron chi connectivity index (χ1n) is 19.9. The lowest BCUT2D eigenvalue weighted by molar-refractivity contribution is 1.06. The van der Waals surface area contributed by atoms with Gasteiger partial charge in [0, 0.05) is 27.1 Å². The smallest absolute Gasteiger partial charge is 0.138 e. The van der Waals surface area contributed by atoms with E-state index in [2.05, 4.69) is 178 Å². The Labute approximate surface area is 338 Å². The lowest BCUT2D eigenvalue weighted by Crippen LogP contribution is -2.03. The third-order valence-corrected chi connectivity index (χ3v) is 11.9. The molecule has 0 atom stereocenters. The number of pyridine rings is 1. The minimum Gasteiger partial charge on any atom is -0.307 e. The molecule has 278 valence electrons. The van der Waals surface area contributed by atoms with Crippen molar-refractivity contribution in [2.75, 3.05) is 0 Å². The van der Waals surface area contributed by atoms with Crippen LogP contribution in [0.1, 0.15) is 38.9 Å². The average molecular weight is 747 g/mol. The molecule has 4 nitrogen and oxygen atoms in total. The number of para-hydroxylation sites is 2. The Kier molecular flexibility index (Phi) is 8.18. The summed E-state index contributed by atoms with van der Waals surface area (Å²) < 4.78 is 4.67. The van der Waals surface area contributed by atoms with E-state index in [0.717, 1.165) is 44.7 Å². The molecule has 4 heteroatoms. The zero-order chi connectivity index (χ0) is 39.8. The van der Waals surface area contributed by atoms with Gasteiger partial charge in [0.25, 0.3) is 0 Å². The summed E-state index contributed by atoms with van der Waals surface area (Å²) in [5, 5.41) is 14.8. The van der Waals surface area contributed by atoms with Crippen LogP contribution < -0.4 is 0 Å². The maximum Gasteiger partial charge on any atom is 0.138 e. The molecule has 0 aliphatic carbocycles. The van der Waals surface area contributed by atoms with Gasteiger partial charge < -0.3 is 4.57 Å². The van der Waals surface area contributed by atoms with Crippen LogP contribution in [0, 0.1) is 52.9 Å². The first kappa shape index (κ1) is 35.2. The molecule has 58 heavy (non-hydrogen) atoms. The highest BCUT2D eigenvalue weighted by Gasteiger charge is 2.21. The van der Waals surface area contributed by atoms with E-state index in [1.165, 1.54) is 77.2 Å². The van der Waals surface area contributed by atoms with Gasteiger partial charge in [0.05, 0.1) is 45.6 Å². The van der Waals surface area contributed by atoms with E-state index in [1.807, 2.05) is 24.4 Å². The van der Waals surface area contributed by atoms with Crippen molar-refractivity contribution in [2.45, 2.75) is 41.5 Å². The Morgan fingerprint density at radius 2 is 0.948 bits per heavy atom. The number of aromatic nitrogens is 3. The predicted octanol–water partition coefficient (Wildman–Crippen LogP) is 14.0. The highest BCUT2D eigenvalue weighted by molar-refractivity contribution is 6.12. The topological polar surface area (TPSA) is 46.5 Å². The molecule has 0 amide bonds. The predicted molar refractivity (Wildman–Crippen MR) is 242 cm³/mol. The van der Waals surface area contributed by atoms with Crippen molar-refractivity contribution in [3.63, 3.8) is 0 Å². The van der Waals surface area contributed by atoms with Crippen molar-refractivity contribution >= 4 is 43.6 Å². The minimum atomic E-state index is 0.613. The summed E-state index contributed by atoms with van der Waals surface area (Å²) in [6.45, 7) is 13.1. The summed E-state index contributed by atoms with van der Waals surface area (Å²) in [7, 11) is 0. The standard InChI is InChI=1S/C54H42N4/c1-32-22-34(3)53(35(4)23-32)40-18-20-44-42-14-7-9-16-47(42)57(49(44)27-40)51-31-56-52(29-46(51)39-13-11-12-38(26-39)30-55)58-48-17-10-8-15-43(48)45-21-19-41(28-50(45)58)54-36(5)24-33(2)25-37(54)6/h7-29,31H,1-6H3.